The van der Waals surface area contributed by atoms with Crippen molar-refractivity contribution < 1.29 is 13.2 Å². The lowest BCUT2D eigenvalue weighted by Crippen LogP contribution is -2.04. The zero-order valence-corrected chi connectivity index (χ0v) is 10.1. The maximum absolute atomic E-state index is 12.7. The number of fused-ring (bicyclic) bond motifs is 1. The van der Waals surface area contributed by atoms with E-state index < -0.39 is 11.7 Å². The third-order valence-corrected chi connectivity index (χ3v) is 2.88. The van der Waals surface area contributed by atoms with Gasteiger partial charge in [-0.15, -0.1) is 0 Å². The minimum absolute atomic E-state index is 0.409. The fourth-order valence-corrected chi connectivity index (χ4v) is 1.96. The van der Waals surface area contributed by atoms with Crippen molar-refractivity contribution in [2.24, 2.45) is 0 Å². The number of hydrogen-bond acceptors (Lipinski definition) is 3. The lowest BCUT2D eigenvalue weighted by atomic mass is 10.1. The van der Waals surface area contributed by atoms with Crippen LogP contribution in [0, 0.1) is 0 Å². The molecule has 3 aromatic rings. The molecule has 0 aliphatic rings. The quantitative estimate of drug-likeness (QED) is 0.744. The van der Waals surface area contributed by atoms with E-state index in [0.717, 1.165) is 12.1 Å². The summed E-state index contributed by atoms with van der Waals surface area (Å²) < 4.78 is 39.6. The van der Waals surface area contributed by atoms with Crippen molar-refractivity contribution in [3.63, 3.8) is 0 Å². The monoisotopic (exact) mass is 278 g/mol. The second kappa shape index (κ2) is 4.22. The molecule has 0 radical (unpaired) electrons. The smallest absolute Gasteiger partial charge is 0.396 e. The molecule has 0 saturated carbocycles. The number of nitrogens with two attached hydrogens (primary N) is 1. The first-order valence-electron chi connectivity index (χ1n) is 5.71. The molecule has 0 unspecified atom stereocenters. The Hall–Kier alpha value is -2.57. The van der Waals surface area contributed by atoms with Crippen LogP contribution < -0.4 is 5.73 Å². The van der Waals surface area contributed by atoms with Crippen molar-refractivity contribution in [1.29, 1.82) is 0 Å². The van der Waals surface area contributed by atoms with Gasteiger partial charge in [0.1, 0.15) is 0 Å². The molecule has 0 atom stereocenters. The number of alkyl halides is 3. The van der Waals surface area contributed by atoms with Crippen molar-refractivity contribution in [2.45, 2.75) is 6.18 Å². The predicted molar refractivity (Wildman–Crippen MR) is 67.8 cm³/mol. The minimum atomic E-state index is -4.38. The van der Waals surface area contributed by atoms with Gasteiger partial charge in [-0.05, 0) is 17.7 Å². The first-order valence-corrected chi connectivity index (χ1v) is 5.71. The summed E-state index contributed by atoms with van der Waals surface area (Å²) in [5.41, 5.74) is 6.69. The molecule has 2 N–H and O–H groups in total. The number of rotatable bonds is 1. The Morgan fingerprint density at radius 1 is 1.15 bits per heavy atom. The van der Waals surface area contributed by atoms with Crippen molar-refractivity contribution in [1.82, 2.24) is 14.6 Å². The number of benzene rings is 1. The molecule has 20 heavy (non-hydrogen) atoms. The Kier molecular flexibility index (Phi) is 2.63. The Morgan fingerprint density at radius 3 is 2.70 bits per heavy atom. The SMILES string of the molecule is Nc1cnc2c(-c3cccc(C(F)(F)F)c3)cnn2c1. The normalized spacial score (nSPS) is 11.9. The van der Waals surface area contributed by atoms with E-state index in [-0.39, 0.29) is 0 Å². The van der Waals surface area contributed by atoms with E-state index >= 15 is 0 Å². The standard InChI is InChI=1S/C13H9F3N4/c14-13(15,16)9-3-1-2-8(4-9)11-6-19-20-7-10(17)5-18-12(11)20/h1-7H,17H2. The van der Waals surface area contributed by atoms with Gasteiger partial charge in [0.15, 0.2) is 5.65 Å². The zero-order valence-electron chi connectivity index (χ0n) is 10.1. The molecule has 0 aliphatic heterocycles. The summed E-state index contributed by atoms with van der Waals surface area (Å²) >= 11 is 0. The van der Waals surface area contributed by atoms with Gasteiger partial charge < -0.3 is 5.73 Å². The fraction of sp³-hybridized carbons (Fsp3) is 0.0769. The van der Waals surface area contributed by atoms with E-state index in [0.29, 0.717) is 22.5 Å². The van der Waals surface area contributed by atoms with Gasteiger partial charge in [-0.2, -0.15) is 18.3 Å². The fourth-order valence-electron chi connectivity index (χ4n) is 1.96. The molecule has 3 rings (SSSR count). The highest BCUT2D eigenvalue weighted by molar-refractivity contribution is 5.77. The molecular weight excluding hydrogens is 269 g/mol. The summed E-state index contributed by atoms with van der Waals surface area (Å²) in [5, 5.41) is 4.04. The highest BCUT2D eigenvalue weighted by atomic mass is 19.4. The van der Waals surface area contributed by atoms with Crippen LogP contribution >= 0.6 is 0 Å². The van der Waals surface area contributed by atoms with Crippen LogP contribution in [0.2, 0.25) is 0 Å². The van der Waals surface area contributed by atoms with E-state index in [9.17, 15) is 13.2 Å². The van der Waals surface area contributed by atoms with Gasteiger partial charge in [0.2, 0.25) is 0 Å². The Bertz CT molecular complexity index is 777. The Labute approximate surface area is 111 Å². The number of halogens is 3. The van der Waals surface area contributed by atoms with Gasteiger partial charge in [0.05, 0.1) is 29.8 Å². The van der Waals surface area contributed by atoms with Crippen LogP contribution in [0.4, 0.5) is 18.9 Å². The van der Waals surface area contributed by atoms with Crippen LogP contribution in [0.25, 0.3) is 16.8 Å². The van der Waals surface area contributed by atoms with E-state index in [4.69, 9.17) is 5.73 Å². The molecular formula is C13H9F3N4. The molecule has 1 aromatic carbocycles. The molecule has 2 aromatic heterocycles. The average molecular weight is 278 g/mol. The van der Waals surface area contributed by atoms with E-state index in [2.05, 4.69) is 10.1 Å². The number of nitrogen functional groups attached to an aromatic ring is 1. The van der Waals surface area contributed by atoms with E-state index in [1.165, 1.54) is 23.0 Å². The van der Waals surface area contributed by atoms with E-state index in [1.807, 2.05) is 0 Å². The molecule has 4 nitrogen and oxygen atoms in total. The summed E-state index contributed by atoms with van der Waals surface area (Å²) in [5.74, 6) is 0. The minimum Gasteiger partial charge on any atom is -0.396 e. The number of anilines is 1. The largest absolute Gasteiger partial charge is 0.416 e. The third-order valence-electron chi connectivity index (χ3n) is 2.88. The van der Waals surface area contributed by atoms with Gasteiger partial charge in [0, 0.05) is 5.56 Å². The summed E-state index contributed by atoms with van der Waals surface area (Å²) in [6.45, 7) is 0. The maximum atomic E-state index is 12.7. The third kappa shape index (κ3) is 2.07. The van der Waals surface area contributed by atoms with Gasteiger partial charge >= 0.3 is 6.18 Å². The van der Waals surface area contributed by atoms with Crippen LogP contribution in [-0.2, 0) is 6.18 Å². The van der Waals surface area contributed by atoms with Crippen LogP contribution in [-0.4, -0.2) is 14.6 Å². The zero-order chi connectivity index (χ0) is 14.3. The molecule has 7 heteroatoms. The number of aromatic nitrogens is 3. The summed E-state index contributed by atoms with van der Waals surface area (Å²) in [7, 11) is 0. The second-order valence-corrected chi connectivity index (χ2v) is 4.29. The molecule has 0 aliphatic carbocycles. The Morgan fingerprint density at radius 2 is 1.95 bits per heavy atom. The molecule has 0 bridgehead atoms. The second-order valence-electron chi connectivity index (χ2n) is 4.29. The first-order chi connectivity index (χ1) is 9.45. The molecule has 102 valence electrons. The topological polar surface area (TPSA) is 56.2 Å². The highest BCUT2D eigenvalue weighted by Gasteiger charge is 2.30. The van der Waals surface area contributed by atoms with Gasteiger partial charge in [0.25, 0.3) is 0 Å². The van der Waals surface area contributed by atoms with Crippen LogP contribution in [0.1, 0.15) is 5.56 Å². The predicted octanol–water partition coefficient (Wildman–Crippen LogP) is 3.00. The van der Waals surface area contributed by atoms with Gasteiger partial charge in [-0.3, -0.25) is 0 Å². The van der Waals surface area contributed by atoms with Crippen molar-refractivity contribution in [3.8, 4) is 11.1 Å². The molecule has 0 fully saturated rings. The van der Waals surface area contributed by atoms with Crippen LogP contribution in [0.15, 0.2) is 42.9 Å². The maximum Gasteiger partial charge on any atom is 0.416 e. The first kappa shape index (κ1) is 12.5. The highest BCUT2D eigenvalue weighted by Crippen LogP contribution is 2.33. The van der Waals surface area contributed by atoms with Gasteiger partial charge in [-0.1, -0.05) is 12.1 Å². The van der Waals surface area contributed by atoms with Crippen molar-refractivity contribution in [2.75, 3.05) is 5.73 Å². The lowest BCUT2D eigenvalue weighted by Gasteiger charge is -2.07. The Balaban J connectivity index is 2.16. The van der Waals surface area contributed by atoms with Crippen molar-refractivity contribution in [3.05, 3.63) is 48.4 Å². The summed E-state index contributed by atoms with van der Waals surface area (Å²) in [6, 6.07) is 5.05. The van der Waals surface area contributed by atoms with Crippen molar-refractivity contribution >= 4 is 11.3 Å². The van der Waals surface area contributed by atoms with E-state index in [1.54, 1.807) is 12.3 Å². The summed E-state index contributed by atoms with van der Waals surface area (Å²) in [4.78, 5) is 4.10. The number of nitrogens with zero attached hydrogens (tertiary/aromatic N) is 3. The molecule has 0 saturated heterocycles. The van der Waals surface area contributed by atoms with Crippen LogP contribution in [0.3, 0.4) is 0 Å². The molecule has 0 spiro atoms. The van der Waals surface area contributed by atoms with Gasteiger partial charge in [-0.25, -0.2) is 9.50 Å². The number of hydrogen-bond donors (Lipinski definition) is 1. The molecule has 2 heterocycles. The lowest BCUT2D eigenvalue weighted by molar-refractivity contribution is -0.137. The van der Waals surface area contributed by atoms with Crippen LogP contribution in [0.5, 0.6) is 0 Å². The molecule has 0 amide bonds. The summed E-state index contributed by atoms with van der Waals surface area (Å²) in [6.07, 6.45) is 0.0850. The average Bonchev–Trinajstić information content (AvgIpc) is 2.80.